The van der Waals surface area contributed by atoms with E-state index in [1.54, 1.807) is 7.06 Å². The lowest BCUT2D eigenvalue weighted by atomic mass is 8.82. The largest absolute Gasteiger partial charge is 0.138 e. The summed E-state index contributed by atoms with van der Waals surface area (Å²) in [5.41, 5.74) is 0. The smallest absolute Gasteiger partial charge is 0.0708 e. The molecule has 0 aromatic rings. The molecule has 10 heteroatoms. The van der Waals surface area contributed by atoms with E-state index in [-0.39, 0.29) is 6.49 Å². The molecule has 0 fully saturated rings. The van der Waals surface area contributed by atoms with E-state index in [2.05, 4.69) is 26.0 Å². The molecule has 0 heterocycles. The fourth-order valence-corrected chi connectivity index (χ4v) is 1.22. The van der Waals surface area contributed by atoms with Gasteiger partial charge in [0.2, 0.25) is 0 Å². The number of allylic oxidation sites excluding steroid dienone is 1. The van der Waals surface area contributed by atoms with Gasteiger partial charge in [-0.3, -0.25) is 0 Å². The van der Waals surface area contributed by atoms with E-state index in [0.29, 0.717) is 0 Å². The van der Waals surface area contributed by atoms with Gasteiger partial charge in [-0.1, -0.05) is 25.8 Å². The third-order valence-corrected chi connectivity index (χ3v) is 2.08. The second-order valence-electron chi connectivity index (χ2n) is 3.49. The maximum atomic E-state index is 5.31. The van der Waals surface area contributed by atoms with Gasteiger partial charge in [-0.2, -0.15) is 0 Å². The van der Waals surface area contributed by atoms with Crippen LogP contribution in [0, 0.1) is 0 Å². The van der Waals surface area contributed by atoms with Crippen molar-refractivity contribution in [2.24, 2.45) is 0 Å². The summed E-state index contributed by atoms with van der Waals surface area (Å²) in [5.74, 6) is 2.18. The summed E-state index contributed by atoms with van der Waals surface area (Å²) in [7, 11) is 23.4. The standard InChI is InChI=1S/C6H11B10/c1-2-3-4-5-6-16(14-12-10-8)15-13-11-9-7/h5-6H,2-4H2,1H3/b6-5+. The van der Waals surface area contributed by atoms with Gasteiger partial charge < -0.3 is 0 Å². The Balaban J connectivity index is 3.74. The number of hydrogen-bond acceptors (Lipinski definition) is 0. The van der Waals surface area contributed by atoms with Crippen LogP contribution in [0.25, 0.3) is 0 Å². The first-order valence-electron chi connectivity index (χ1n) is 5.78. The third-order valence-electron chi connectivity index (χ3n) is 2.08. The molecule has 0 rings (SSSR count). The summed E-state index contributed by atoms with van der Waals surface area (Å²) in [6.07, 6.45) is 5.81. The van der Waals surface area contributed by atoms with Crippen LogP contribution in [-0.4, -0.2) is 71.4 Å². The van der Waals surface area contributed by atoms with Crippen molar-refractivity contribution < 1.29 is 0 Å². The van der Waals surface area contributed by atoms with E-state index in [4.69, 9.17) is 15.5 Å². The lowest BCUT2D eigenvalue weighted by Crippen LogP contribution is -2.40. The Hall–Kier alpha value is 0.389. The summed E-state index contributed by atoms with van der Waals surface area (Å²) in [6.45, 7) is 2.48. The Kier molecular flexibility index (Phi) is 13.8. The Labute approximate surface area is 110 Å². The summed E-state index contributed by atoms with van der Waals surface area (Å²) in [4.78, 5) is 0. The molecule has 0 nitrogen and oxygen atoms in total. The van der Waals surface area contributed by atoms with Crippen molar-refractivity contribution in [3.8, 4) is 0 Å². The van der Waals surface area contributed by atoms with Crippen LogP contribution in [0.1, 0.15) is 26.2 Å². The van der Waals surface area contributed by atoms with Gasteiger partial charge in [0.25, 0.3) is 0 Å². The van der Waals surface area contributed by atoms with Gasteiger partial charge in [-0.05, 0) is 6.42 Å². The average molecular weight is 191 g/mol. The molecule has 0 aromatic heterocycles. The molecule has 11 radical (unpaired) electrons. The number of unbranched alkanes of at least 4 members (excludes halogenated alkanes) is 2. The normalized spacial score (nSPS) is 9.31. The molecule has 0 N–H and O–H groups in total. The fraction of sp³-hybridized carbons (Fsp3) is 0.667. The van der Waals surface area contributed by atoms with Crippen molar-refractivity contribution in [2.45, 2.75) is 26.2 Å². The molecule has 0 aromatic carbocycles. The molecule has 0 atom stereocenters. The average Bonchev–Trinajstić information content (AvgIpc) is 2.31. The molecule has 0 saturated heterocycles. The van der Waals surface area contributed by atoms with Crippen LogP contribution in [0.15, 0.2) is 12.1 Å². The first-order valence-corrected chi connectivity index (χ1v) is 5.78. The number of hydrogen-bond donors (Lipinski definition) is 0. The van der Waals surface area contributed by atoms with Gasteiger partial charge in [0, 0.05) is 64.9 Å². The lowest BCUT2D eigenvalue weighted by Gasteiger charge is -2.06. The summed E-state index contributed by atoms with van der Waals surface area (Å²) >= 11 is 0. The molecule has 0 amide bonds. The zero-order valence-electron chi connectivity index (χ0n) is 10.0. The molecule has 0 aliphatic carbocycles. The molecule has 16 heavy (non-hydrogen) atoms. The van der Waals surface area contributed by atoms with E-state index in [9.17, 15) is 0 Å². The highest BCUT2D eigenvalue weighted by molar-refractivity contribution is 7.73. The molecule has 0 bridgehead atoms. The van der Waals surface area contributed by atoms with Crippen LogP contribution < -0.4 is 0 Å². The quantitative estimate of drug-likeness (QED) is 0.273. The highest BCUT2D eigenvalue weighted by atomic mass is 13.8. The second kappa shape index (κ2) is 13.5. The van der Waals surface area contributed by atoms with Crippen LogP contribution in [0.5, 0.6) is 0 Å². The van der Waals surface area contributed by atoms with Crippen LogP contribution in [0.3, 0.4) is 0 Å². The maximum absolute atomic E-state index is 5.31. The third kappa shape index (κ3) is 10.9. The predicted molar refractivity (Wildman–Crippen MR) is 86.2 cm³/mol. The van der Waals surface area contributed by atoms with E-state index < -0.39 is 0 Å². The van der Waals surface area contributed by atoms with Crippen LogP contribution >= 0.6 is 0 Å². The molecule has 0 aliphatic rings. The van der Waals surface area contributed by atoms with Crippen molar-refractivity contribution in [3.63, 3.8) is 0 Å². The first kappa shape index (κ1) is 16.4. The van der Waals surface area contributed by atoms with Crippen LogP contribution in [0.2, 0.25) is 0 Å². The zero-order valence-corrected chi connectivity index (χ0v) is 10.0. The predicted octanol–water partition coefficient (Wildman–Crippen LogP) is -1.57. The van der Waals surface area contributed by atoms with Crippen molar-refractivity contribution in [1.82, 2.24) is 0 Å². The molecule has 65 valence electrons. The molecule has 0 spiro atoms. The van der Waals surface area contributed by atoms with Crippen LogP contribution in [0.4, 0.5) is 0 Å². The van der Waals surface area contributed by atoms with Gasteiger partial charge >= 0.3 is 0 Å². The molecule has 0 aliphatic heterocycles. The van der Waals surface area contributed by atoms with E-state index in [0.717, 1.165) is 6.42 Å². The molecule has 0 saturated carbocycles. The molecular weight excluding hydrogens is 180 g/mol. The van der Waals surface area contributed by atoms with Crippen molar-refractivity contribution in [3.05, 3.63) is 12.1 Å². The molecule has 0 unspecified atom stereocenters. The van der Waals surface area contributed by atoms with E-state index in [1.165, 1.54) is 19.9 Å². The highest BCUT2D eigenvalue weighted by Gasteiger charge is 2.08. The first-order chi connectivity index (χ1) is 7.85. The Morgan fingerprint density at radius 2 is 1.75 bits per heavy atom. The van der Waals surface area contributed by atoms with Gasteiger partial charge in [0.05, 0.1) is 6.49 Å². The zero-order chi connectivity index (χ0) is 12.1. The maximum Gasteiger partial charge on any atom is 0.0708 e. The topological polar surface area (TPSA) is 0 Å². The van der Waals surface area contributed by atoms with Crippen molar-refractivity contribution in [1.29, 1.82) is 0 Å². The monoisotopic (exact) mass is 193 g/mol. The minimum absolute atomic E-state index is 0.285. The van der Waals surface area contributed by atoms with Gasteiger partial charge in [-0.25, -0.2) is 0 Å². The summed E-state index contributed by atoms with van der Waals surface area (Å²) < 4.78 is 0. The van der Waals surface area contributed by atoms with Gasteiger partial charge in [0.1, 0.15) is 0 Å². The van der Waals surface area contributed by atoms with E-state index in [1.807, 2.05) is 28.2 Å². The minimum Gasteiger partial charge on any atom is -0.138 e. The van der Waals surface area contributed by atoms with Crippen molar-refractivity contribution >= 4 is 71.4 Å². The lowest BCUT2D eigenvalue weighted by molar-refractivity contribution is 0.815. The van der Waals surface area contributed by atoms with Gasteiger partial charge in [0.15, 0.2) is 0 Å². The van der Waals surface area contributed by atoms with Crippen LogP contribution in [-0.2, 0) is 0 Å². The Morgan fingerprint density at radius 1 is 1.06 bits per heavy atom. The van der Waals surface area contributed by atoms with E-state index >= 15 is 0 Å². The summed E-state index contributed by atoms with van der Waals surface area (Å²) in [6, 6.07) is 0. The Morgan fingerprint density at radius 3 is 2.38 bits per heavy atom. The number of rotatable bonds is 11. The van der Waals surface area contributed by atoms with Gasteiger partial charge in [-0.15, -0.1) is 5.98 Å². The second-order valence-corrected chi connectivity index (χ2v) is 3.49. The summed E-state index contributed by atoms with van der Waals surface area (Å²) in [5, 5.41) is 0. The Bertz CT molecular complexity index is 161. The minimum atomic E-state index is 0.285. The highest BCUT2D eigenvalue weighted by Crippen LogP contribution is 1.95. The van der Waals surface area contributed by atoms with Crippen molar-refractivity contribution in [2.75, 3.05) is 0 Å². The fourth-order valence-electron chi connectivity index (χ4n) is 1.22. The SMILES string of the molecule is [B][B][B][B][B]B([B][B][B][B])/C=C/CCCC. The molecular formula is C6H11B10.